The fourth-order valence-electron chi connectivity index (χ4n) is 1.82. The van der Waals surface area contributed by atoms with Gasteiger partial charge in [0.15, 0.2) is 0 Å². The molecular formula is C14H20FNO2S. The number of carbonyl (C=O) groups is 1. The Morgan fingerprint density at radius 2 is 2.26 bits per heavy atom. The molecule has 0 aliphatic heterocycles. The van der Waals surface area contributed by atoms with Crippen LogP contribution in [0.25, 0.3) is 0 Å². The zero-order valence-corrected chi connectivity index (χ0v) is 12.3. The molecule has 0 fully saturated rings. The van der Waals surface area contributed by atoms with Crippen molar-refractivity contribution in [2.45, 2.75) is 31.2 Å². The van der Waals surface area contributed by atoms with E-state index in [0.29, 0.717) is 17.7 Å². The van der Waals surface area contributed by atoms with Crippen LogP contribution in [0, 0.1) is 5.82 Å². The summed E-state index contributed by atoms with van der Waals surface area (Å²) in [7, 11) is 1.37. The molecule has 0 saturated carbocycles. The fourth-order valence-corrected chi connectivity index (χ4v) is 2.91. The average Bonchev–Trinajstić information content (AvgIpc) is 2.38. The highest BCUT2D eigenvalue weighted by Gasteiger charge is 2.15. The summed E-state index contributed by atoms with van der Waals surface area (Å²) in [6.07, 6.45) is 0.326. The number of hydrogen-bond acceptors (Lipinski definition) is 4. The summed E-state index contributed by atoms with van der Waals surface area (Å²) in [4.78, 5) is 11.9. The Morgan fingerprint density at radius 1 is 1.53 bits per heavy atom. The van der Waals surface area contributed by atoms with Crippen molar-refractivity contribution in [3.8, 4) is 0 Å². The lowest BCUT2D eigenvalue weighted by atomic mass is 10.1. The number of methoxy groups -OCH3 is 1. The van der Waals surface area contributed by atoms with Crippen LogP contribution in [0.1, 0.15) is 31.9 Å². The van der Waals surface area contributed by atoms with E-state index in [1.54, 1.807) is 6.07 Å². The van der Waals surface area contributed by atoms with Crippen LogP contribution in [0.2, 0.25) is 0 Å². The molecule has 1 rings (SSSR count). The monoisotopic (exact) mass is 285 g/mol. The third-order valence-electron chi connectivity index (χ3n) is 2.75. The molecule has 0 aliphatic carbocycles. The van der Waals surface area contributed by atoms with Crippen molar-refractivity contribution in [1.29, 1.82) is 0 Å². The van der Waals surface area contributed by atoms with Gasteiger partial charge in [-0.15, -0.1) is 11.8 Å². The smallest absolute Gasteiger partial charge is 0.306 e. The minimum Gasteiger partial charge on any atom is -0.469 e. The molecule has 0 spiro atoms. The van der Waals surface area contributed by atoms with Gasteiger partial charge in [-0.25, -0.2) is 4.39 Å². The number of rotatable bonds is 7. The Kier molecular flexibility index (Phi) is 6.87. The summed E-state index contributed by atoms with van der Waals surface area (Å²) in [5.41, 5.74) is 0.666. The fraction of sp³-hybridized carbons (Fsp3) is 0.500. The first-order valence-electron chi connectivity index (χ1n) is 6.31. The Balaban J connectivity index is 2.76. The first-order valence-corrected chi connectivity index (χ1v) is 7.30. The average molecular weight is 285 g/mol. The van der Waals surface area contributed by atoms with Crippen LogP contribution in [0.15, 0.2) is 23.1 Å². The Labute approximate surface area is 117 Å². The van der Waals surface area contributed by atoms with Crippen molar-refractivity contribution in [2.24, 2.45) is 0 Å². The topological polar surface area (TPSA) is 38.3 Å². The highest BCUT2D eigenvalue weighted by atomic mass is 32.2. The summed E-state index contributed by atoms with van der Waals surface area (Å²) in [6, 6.07) is 4.99. The summed E-state index contributed by atoms with van der Waals surface area (Å²) >= 11 is 1.48. The van der Waals surface area contributed by atoms with Gasteiger partial charge >= 0.3 is 5.97 Å². The predicted octanol–water partition coefficient (Wildman–Crippen LogP) is 3.15. The maximum Gasteiger partial charge on any atom is 0.306 e. The number of nitrogens with one attached hydrogen (secondary N) is 1. The number of hydrogen-bond donors (Lipinski definition) is 1. The van der Waals surface area contributed by atoms with Gasteiger partial charge < -0.3 is 10.1 Å². The Hall–Kier alpha value is -1.07. The number of esters is 1. The molecule has 0 saturated heterocycles. The SMILES string of the molecule is CCNC(C)c1c(F)cccc1SCCC(=O)OC. The van der Waals surface area contributed by atoms with E-state index in [-0.39, 0.29) is 17.8 Å². The van der Waals surface area contributed by atoms with Gasteiger partial charge in [-0.1, -0.05) is 13.0 Å². The second kappa shape index (κ2) is 8.17. The summed E-state index contributed by atoms with van der Waals surface area (Å²) in [6.45, 7) is 4.70. The van der Waals surface area contributed by atoms with Crippen molar-refractivity contribution >= 4 is 17.7 Å². The standard InChI is InChI=1S/C14H20FNO2S/c1-4-16-10(2)14-11(15)6-5-7-12(14)19-9-8-13(17)18-3/h5-7,10,16H,4,8-9H2,1-3H3. The van der Waals surface area contributed by atoms with Crippen molar-refractivity contribution in [2.75, 3.05) is 19.4 Å². The van der Waals surface area contributed by atoms with Crippen molar-refractivity contribution in [3.63, 3.8) is 0 Å². The highest BCUT2D eigenvalue weighted by molar-refractivity contribution is 7.99. The summed E-state index contributed by atoms with van der Waals surface area (Å²) in [5.74, 6) is 0.129. The number of ether oxygens (including phenoxy) is 1. The molecule has 0 bridgehead atoms. The lowest BCUT2D eigenvalue weighted by Gasteiger charge is -2.17. The number of benzene rings is 1. The third-order valence-corrected chi connectivity index (χ3v) is 3.82. The van der Waals surface area contributed by atoms with E-state index in [2.05, 4.69) is 10.1 Å². The molecule has 1 unspecified atom stereocenters. The lowest BCUT2D eigenvalue weighted by Crippen LogP contribution is -2.19. The molecule has 5 heteroatoms. The Bertz CT molecular complexity index is 426. The molecular weight excluding hydrogens is 265 g/mol. The molecule has 19 heavy (non-hydrogen) atoms. The molecule has 3 nitrogen and oxygen atoms in total. The zero-order chi connectivity index (χ0) is 14.3. The van der Waals surface area contributed by atoms with E-state index in [1.807, 2.05) is 19.9 Å². The largest absolute Gasteiger partial charge is 0.469 e. The number of halogens is 1. The van der Waals surface area contributed by atoms with E-state index < -0.39 is 0 Å². The number of carbonyl (C=O) groups excluding carboxylic acids is 1. The molecule has 0 heterocycles. The van der Waals surface area contributed by atoms with Gasteiger partial charge in [-0.05, 0) is 25.6 Å². The third kappa shape index (κ3) is 4.84. The van der Waals surface area contributed by atoms with E-state index in [0.717, 1.165) is 11.4 Å². The maximum absolute atomic E-state index is 13.9. The molecule has 1 N–H and O–H groups in total. The quantitative estimate of drug-likeness (QED) is 0.617. The van der Waals surface area contributed by atoms with Gasteiger partial charge in [0.1, 0.15) is 5.82 Å². The first kappa shape index (κ1) is 16.0. The predicted molar refractivity (Wildman–Crippen MR) is 75.8 cm³/mol. The minimum atomic E-state index is -0.245. The van der Waals surface area contributed by atoms with Gasteiger partial charge in [0.05, 0.1) is 13.5 Å². The normalized spacial score (nSPS) is 12.2. The van der Waals surface area contributed by atoms with Gasteiger partial charge in [0.2, 0.25) is 0 Å². The van der Waals surface area contributed by atoms with Crippen LogP contribution in [0.5, 0.6) is 0 Å². The molecule has 106 valence electrons. The molecule has 0 aliphatic rings. The van der Waals surface area contributed by atoms with E-state index in [4.69, 9.17) is 0 Å². The van der Waals surface area contributed by atoms with Gasteiger partial charge in [-0.2, -0.15) is 0 Å². The van der Waals surface area contributed by atoms with E-state index >= 15 is 0 Å². The molecule has 0 amide bonds. The van der Waals surface area contributed by atoms with Crippen LogP contribution < -0.4 is 5.32 Å². The molecule has 1 atom stereocenters. The second-order valence-corrected chi connectivity index (χ2v) is 5.24. The van der Waals surface area contributed by atoms with Crippen molar-refractivity contribution in [3.05, 3.63) is 29.6 Å². The second-order valence-electron chi connectivity index (χ2n) is 4.11. The van der Waals surface area contributed by atoms with E-state index in [1.165, 1.54) is 24.9 Å². The van der Waals surface area contributed by atoms with Crippen LogP contribution >= 0.6 is 11.8 Å². The molecule has 1 aromatic carbocycles. The van der Waals surface area contributed by atoms with Crippen LogP contribution in [-0.2, 0) is 9.53 Å². The van der Waals surface area contributed by atoms with Crippen molar-refractivity contribution < 1.29 is 13.9 Å². The Morgan fingerprint density at radius 3 is 2.89 bits per heavy atom. The van der Waals surface area contributed by atoms with Gasteiger partial charge in [-0.3, -0.25) is 4.79 Å². The van der Waals surface area contributed by atoms with E-state index in [9.17, 15) is 9.18 Å². The first-order chi connectivity index (χ1) is 9.10. The molecule has 0 aromatic heterocycles. The number of thioether (sulfide) groups is 1. The van der Waals surface area contributed by atoms with Gasteiger partial charge in [0.25, 0.3) is 0 Å². The molecule has 1 aromatic rings. The van der Waals surface area contributed by atoms with Gasteiger partial charge in [0, 0.05) is 22.3 Å². The van der Waals surface area contributed by atoms with Crippen molar-refractivity contribution in [1.82, 2.24) is 5.32 Å². The van der Waals surface area contributed by atoms with Crippen LogP contribution in [0.4, 0.5) is 4.39 Å². The minimum absolute atomic E-state index is 0.0492. The van der Waals surface area contributed by atoms with Crippen LogP contribution in [-0.4, -0.2) is 25.4 Å². The van der Waals surface area contributed by atoms with Crippen LogP contribution in [0.3, 0.4) is 0 Å². The highest BCUT2D eigenvalue weighted by Crippen LogP contribution is 2.30. The lowest BCUT2D eigenvalue weighted by molar-refractivity contribution is -0.140. The molecule has 0 radical (unpaired) electrons. The summed E-state index contributed by atoms with van der Waals surface area (Å²) in [5, 5.41) is 3.21. The zero-order valence-electron chi connectivity index (χ0n) is 11.5. The summed E-state index contributed by atoms with van der Waals surface area (Å²) < 4.78 is 18.5. The maximum atomic E-state index is 13.9.